The maximum absolute atomic E-state index is 12.8. The van der Waals surface area contributed by atoms with E-state index in [1.807, 2.05) is 4.90 Å². The van der Waals surface area contributed by atoms with Gasteiger partial charge in [-0.15, -0.1) is 0 Å². The Morgan fingerprint density at radius 3 is 2.70 bits per heavy atom. The number of piperidine rings is 2. The van der Waals surface area contributed by atoms with Gasteiger partial charge in [0.05, 0.1) is 0 Å². The van der Waals surface area contributed by atoms with Crippen LogP contribution >= 0.6 is 0 Å². The maximum Gasteiger partial charge on any atom is 0.242 e. The van der Waals surface area contributed by atoms with E-state index in [1.165, 1.54) is 0 Å². The lowest BCUT2D eigenvalue weighted by Gasteiger charge is -2.35. The molecule has 2 N–H and O–H groups in total. The van der Waals surface area contributed by atoms with Crippen LogP contribution in [-0.2, 0) is 9.59 Å². The molecular weight excluding hydrogens is 254 g/mol. The highest BCUT2D eigenvalue weighted by atomic mass is 16.2. The Hall–Kier alpha value is -1.10. The molecular formula is C15H25N3O2. The average Bonchev–Trinajstić information content (AvgIpc) is 3.19. The van der Waals surface area contributed by atoms with E-state index in [2.05, 4.69) is 10.6 Å². The molecule has 0 aromatic rings. The van der Waals surface area contributed by atoms with E-state index in [4.69, 9.17) is 0 Å². The Bertz CT molecular complexity index is 404. The first-order valence-corrected chi connectivity index (χ1v) is 7.91. The summed E-state index contributed by atoms with van der Waals surface area (Å²) in [6.07, 6.45) is 6.14. The molecule has 2 amide bonds. The van der Waals surface area contributed by atoms with E-state index in [0.29, 0.717) is 0 Å². The zero-order valence-corrected chi connectivity index (χ0v) is 12.3. The maximum atomic E-state index is 12.8. The van der Waals surface area contributed by atoms with Crippen molar-refractivity contribution in [3.8, 4) is 0 Å². The quantitative estimate of drug-likeness (QED) is 0.774. The van der Waals surface area contributed by atoms with Crippen LogP contribution in [0.1, 0.15) is 38.5 Å². The third-order valence-electron chi connectivity index (χ3n) is 5.42. The second-order valence-electron chi connectivity index (χ2n) is 6.53. The Labute approximate surface area is 120 Å². The third kappa shape index (κ3) is 2.32. The van der Waals surface area contributed by atoms with E-state index in [0.717, 1.165) is 58.2 Å². The summed E-state index contributed by atoms with van der Waals surface area (Å²) in [6.45, 7) is 2.81. The van der Waals surface area contributed by atoms with Gasteiger partial charge in [-0.1, -0.05) is 0 Å². The molecule has 20 heavy (non-hydrogen) atoms. The number of rotatable bonds is 2. The Kier molecular flexibility index (Phi) is 3.71. The molecule has 2 aliphatic heterocycles. The van der Waals surface area contributed by atoms with Crippen LogP contribution in [0, 0.1) is 11.3 Å². The fourth-order valence-corrected chi connectivity index (χ4v) is 4.01. The van der Waals surface area contributed by atoms with Crippen LogP contribution in [0.2, 0.25) is 0 Å². The minimum Gasteiger partial charge on any atom is -0.357 e. The number of nitrogens with one attached hydrogen (secondary N) is 2. The van der Waals surface area contributed by atoms with Gasteiger partial charge in [-0.3, -0.25) is 9.59 Å². The number of carbonyl (C=O) groups is 2. The first-order valence-electron chi connectivity index (χ1n) is 7.91. The molecule has 0 radical (unpaired) electrons. The summed E-state index contributed by atoms with van der Waals surface area (Å²) in [6, 6.07) is -0.236. The Morgan fingerprint density at radius 1 is 1.25 bits per heavy atom. The lowest BCUT2D eigenvalue weighted by atomic mass is 9.91. The average molecular weight is 279 g/mol. The molecule has 1 aliphatic carbocycles. The van der Waals surface area contributed by atoms with Gasteiger partial charge in [0.1, 0.15) is 6.04 Å². The number of likely N-dealkylation sites (tertiary alicyclic amines) is 1. The summed E-state index contributed by atoms with van der Waals surface area (Å²) >= 11 is 0. The van der Waals surface area contributed by atoms with E-state index < -0.39 is 0 Å². The van der Waals surface area contributed by atoms with Gasteiger partial charge in [0.25, 0.3) is 0 Å². The van der Waals surface area contributed by atoms with Crippen LogP contribution in [0.25, 0.3) is 0 Å². The molecule has 112 valence electrons. The zero-order valence-electron chi connectivity index (χ0n) is 12.3. The summed E-state index contributed by atoms with van der Waals surface area (Å²) < 4.78 is 0. The van der Waals surface area contributed by atoms with Crippen LogP contribution in [0.4, 0.5) is 0 Å². The molecule has 5 nitrogen and oxygen atoms in total. The van der Waals surface area contributed by atoms with Crippen molar-refractivity contribution < 1.29 is 9.59 Å². The van der Waals surface area contributed by atoms with E-state index in [1.54, 1.807) is 7.05 Å². The van der Waals surface area contributed by atoms with Crippen molar-refractivity contribution in [2.75, 3.05) is 26.7 Å². The van der Waals surface area contributed by atoms with Crippen molar-refractivity contribution in [1.29, 1.82) is 0 Å². The minimum absolute atomic E-state index is 0.00180. The van der Waals surface area contributed by atoms with Gasteiger partial charge >= 0.3 is 0 Å². The number of hydrogen-bond donors (Lipinski definition) is 2. The van der Waals surface area contributed by atoms with Crippen LogP contribution in [0.3, 0.4) is 0 Å². The molecule has 2 unspecified atom stereocenters. The van der Waals surface area contributed by atoms with Gasteiger partial charge in [-0.25, -0.2) is 0 Å². The smallest absolute Gasteiger partial charge is 0.242 e. The second kappa shape index (κ2) is 5.35. The largest absolute Gasteiger partial charge is 0.357 e. The standard InChI is InChI=1S/C15H25N3O2/c1-16-13(19)12-4-2-3-9-18(12)14(20)11-10-15(11)5-7-17-8-6-15/h11-12,17H,2-10H2,1H3,(H,16,19). The summed E-state index contributed by atoms with van der Waals surface area (Å²) in [7, 11) is 1.66. The number of hydrogen-bond acceptors (Lipinski definition) is 3. The second-order valence-corrected chi connectivity index (χ2v) is 6.53. The predicted octanol–water partition coefficient (Wildman–Crippen LogP) is 0.503. The molecule has 0 aromatic carbocycles. The van der Waals surface area contributed by atoms with Crippen molar-refractivity contribution in [2.45, 2.75) is 44.6 Å². The lowest BCUT2D eigenvalue weighted by Crippen LogP contribution is -2.52. The van der Waals surface area contributed by atoms with Crippen molar-refractivity contribution in [1.82, 2.24) is 15.5 Å². The van der Waals surface area contributed by atoms with Gasteiger partial charge in [0.15, 0.2) is 0 Å². The molecule has 3 aliphatic rings. The molecule has 3 rings (SSSR count). The van der Waals surface area contributed by atoms with Gasteiger partial charge in [-0.2, -0.15) is 0 Å². The minimum atomic E-state index is -0.236. The third-order valence-corrected chi connectivity index (χ3v) is 5.42. The van der Waals surface area contributed by atoms with E-state index in [-0.39, 0.29) is 29.2 Å². The Morgan fingerprint density at radius 2 is 2.00 bits per heavy atom. The molecule has 2 heterocycles. The van der Waals surface area contributed by atoms with Crippen molar-refractivity contribution in [3.05, 3.63) is 0 Å². The highest BCUT2D eigenvalue weighted by Gasteiger charge is 2.59. The highest BCUT2D eigenvalue weighted by Crippen LogP contribution is 2.59. The van der Waals surface area contributed by atoms with Crippen molar-refractivity contribution >= 4 is 11.8 Å². The van der Waals surface area contributed by atoms with Gasteiger partial charge < -0.3 is 15.5 Å². The first-order chi connectivity index (χ1) is 9.68. The van der Waals surface area contributed by atoms with Gasteiger partial charge in [-0.05, 0) is 57.0 Å². The van der Waals surface area contributed by atoms with Crippen LogP contribution in [0.5, 0.6) is 0 Å². The van der Waals surface area contributed by atoms with E-state index in [9.17, 15) is 9.59 Å². The fraction of sp³-hybridized carbons (Fsp3) is 0.867. The number of likely N-dealkylation sites (N-methyl/N-ethyl adjacent to an activating group) is 1. The lowest BCUT2D eigenvalue weighted by molar-refractivity contribution is -0.143. The molecule has 1 spiro atoms. The highest BCUT2D eigenvalue weighted by molar-refractivity contribution is 5.90. The Balaban J connectivity index is 1.68. The summed E-state index contributed by atoms with van der Waals surface area (Å²) in [5.74, 6) is 0.410. The number of carbonyl (C=O) groups excluding carboxylic acids is 2. The summed E-state index contributed by atoms with van der Waals surface area (Å²) in [5.41, 5.74) is 0.257. The monoisotopic (exact) mass is 279 g/mol. The van der Waals surface area contributed by atoms with Crippen LogP contribution < -0.4 is 10.6 Å². The normalized spacial score (nSPS) is 31.9. The number of amides is 2. The van der Waals surface area contributed by atoms with Crippen LogP contribution in [0.15, 0.2) is 0 Å². The van der Waals surface area contributed by atoms with Crippen molar-refractivity contribution in [2.24, 2.45) is 11.3 Å². The van der Waals surface area contributed by atoms with Crippen molar-refractivity contribution in [3.63, 3.8) is 0 Å². The predicted molar refractivity (Wildman–Crippen MR) is 76.1 cm³/mol. The van der Waals surface area contributed by atoms with Gasteiger partial charge in [0.2, 0.25) is 11.8 Å². The first kappa shape index (κ1) is 13.9. The molecule has 5 heteroatoms. The molecule has 0 bridgehead atoms. The van der Waals surface area contributed by atoms with Gasteiger partial charge in [0, 0.05) is 19.5 Å². The van der Waals surface area contributed by atoms with E-state index >= 15 is 0 Å². The molecule has 2 saturated heterocycles. The van der Waals surface area contributed by atoms with Crippen LogP contribution in [-0.4, -0.2) is 49.4 Å². The fourth-order valence-electron chi connectivity index (χ4n) is 4.01. The SMILES string of the molecule is CNC(=O)C1CCCCN1C(=O)C1CC12CCNCC2. The molecule has 0 aromatic heterocycles. The summed E-state index contributed by atoms with van der Waals surface area (Å²) in [4.78, 5) is 26.6. The topological polar surface area (TPSA) is 61.4 Å². The number of nitrogens with zero attached hydrogens (tertiary/aromatic N) is 1. The molecule has 3 fully saturated rings. The molecule has 1 saturated carbocycles. The molecule has 2 atom stereocenters. The zero-order chi connectivity index (χ0) is 14.2. The summed E-state index contributed by atoms with van der Waals surface area (Å²) in [5, 5.41) is 6.07.